The monoisotopic (exact) mass is 365 g/mol. The molecule has 1 aliphatic rings. The van der Waals surface area contributed by atoms with Crippen LogP contribution in [0, 0.1) is 0 Å². The van der Waals surface area contributed by atoms with Gasteiger partial charge in [0.25, 0.3) is 11.8 Å². The predicted octanol–water partition coefficient (Wildman–Crippen LogP) is 2.63. The van der Waals surface area contributed by atoms with E-state index in [0.717, 1.165) is 6.42 Å². The molecule has 1 saturated heterocycles. The van der Waals surface area contributed by atoms with Gasteiger partial charge in [-0.2, -0.15) is 0 Å². The number of para-hydroxylation sites is 1. The number of nitrogens with zero attached hydrogens (tertiary/aromatic N) is 2. The number of carbonyl (C=O) groups excluding carboxylic acids is 3. The maximum Gasteiger partial charge on any atom is 0.256 e. The van der Waals surface area contributed by atoms with E-state index in [1.54, 1.807) is 65.3 Å². The Kier molecular flexibility index (Phi) is 5.86. The highest BCUT2D eigenvalue weighted by atomic mass is 16.2. The largest absolute Gasteiger partial charge is 0.341 e. The molecule has 3 rings (SSSR count). The van der Waals surface area contributed by atoms with Crippen LogP contribution in [0.1, 0.15) is 34.1 Å². The summed E-state index contributed by atoms with van der Waals surface area (Å²) in [6, 6.07) is 15.9. The summed E-state index contributed by atoms with van der Waals surface area (Å²) in [4.78, 5) is 40.6. The van der Waals surface area contributed by atoms with Crippen molar-refractivity contribution < 1.29 is 14.4 Å². The number of hydrogen-bond acceptors (Lipinski definition) is 3. The summed E-state index contributed by atoms with van der Waals surface area (Å²) in [6.07, 6.45) is 0.740. The Balaban J connectivity index is 1.76. The molecular weight excluding hydrogens is 342 g/mol. The number of hydrogen-bond donors (Lipinski definition) is 1. The maximum atomic E-state index is 13.0. The molecule has 6 nitrogen and oxygen atoms in total. The summed E-state index contributed by atoms with van der Waals surface area (Å²) in [5, 5.41) is 2.84. The van der Waals surface area contributed by atoms with Gasteiger partial charge in [0.05, 0.1) is 11.3 Å². The Labute approximate surface area is 158 Å². The third-order valence-electron chi connectivity index (χ3n) is 4.67. The number of amides is 3. The minimum Gasteiger partial charge on any atom is -0.341 e. The number of nitrogens with one attached hydrogen (secondary N) is 1. The molecule has 140 valence electrons. The third-order valence-corrected chi connectivity index (χ3v) is 4.67. The first-order chi connectivity index (χ1) is 13.1. The van der Waals surface area contributed by atoms with Gasteiger partial charge in [-0.25, -0.2) is 0 Å². The molecule has 0 aromatic heterocycles. The van der Waals surface area contributed by atoms with E-state index < -0.39 is 0 Å². The molecule has 1 fully saturated rings. The van der Waals surface area contributed by atoms with Crippen LogP contribution in [0.2, 0.25) is 0 Å². The second kappa shape index (κ2) is 8.49. The molecule has 0 unspecified atom stereocenters. The van der Waals surface area contributed by atoms with E-state index in [-0.39, 0.29) is 17.7 Å². The quantitative estimate of drug-likeness (QED) is 0.909. The number of rotatable bonds is 3. The van der Waals surface area contributed by atoms with E-state index in [4.69, 9.17) is 0 Å². The molecule has 1 heterocycles. The van der Waals surface area contributed by atoms with Crippen LogP contribution in [0.3, 0.4) is 0 Å². The fraction of sp³-hybridized carbons (Fsp3) is 0.286. The Hall–Kier alpha value is -3.15. The Morgan fingerprint density at radius 2 is 1.44 bits per heavy atom. The van der Waals surface area contributed by atoms with Gasteiger partial charge in [-0.1, -0.05) is 30.3 Å². The summed E-state index contributed by atoms with van der Waals surface area (Å²) in [5.41, 5.74) is 1.48. The SMILES string of the molecule is CC(=O)N1CCCN(C(=O)c2ccccc2NC(=O)c2ccccc2)CC1. The third kappa shape index (κ3) is 4.53. The molecule has 0 saturated carbocycles. The lowest BCUT2D eigenvalue weighted by Crippen LogP contribution is -2.36. The van der Waals surface area contributed by atoms with E-state index in [2.05, 4.69) is 5.32 Å². The molecule has 0 bridgehead atoms. The Morgan fingerprint density at radius 3 is 2.19 bits per heavy atom. The summed E-state index contributed by atoms with van der Waals surface area (Å²) in [7, 11) is 0. The van der Waals surface area contributed by atoms with Crippen LogP contribution >= 0.6 is 0 Å². The Bertz CT molecular complexity index is 836. The molecular formula is C21H23N3O3. The smallest absolute Gasteiger partial charge is 0.256 e. The van der Waals surface area contributed by atoms with Crippen LogP contribution < -0.4 is 5.32 Å². The normalized spacial score (nSPS) is 14.4. The molecule has 27 heavy (non-hydrogen) atoms. The van der Waals surface area contributed by atoms with Gasteiger partial charge in [-0.3, -0.25) is 14.4 Å². The molecule has 2 aromatic rings. The first-order valence-electron chi connectivity index (χ1n) is 9.06. The standard InChI is InChI=1S/C21H23N3O3/c1-16(25)23-12-7-13-24(15-14-23)21(27)18-10-5-6-11-19(18)22-20(26)17-8-3-2-4-9-17/h2-6,8-11H,7,12-15H2,1H3,(H,22,26). The summed E-state index contributed by atoms with van der Waals surface area (Å²) in [6.45, 7) is 3.81. The average molecular weight is 365 g/mol. The number of benzene rings is 2. The van der Waals surface area contributed by atoms with Crippen molar-refractivity contribution in [3.8, 4) is 0 Å². The average Bonchev–Trinajstić information content (AvgIpc) is 2.95. The molecule has 6 heteroatoms. The van der Waals surface area contributed by atoms with Crippen molar-refractivity contribution >= 4 is 23.4 Å². The van der Waals surface area contributed by atoms with Gasteiger partial charge in [0, 0.05) is 38.7 Å². The van der Waals surface area contributed by atoms with Gasteiger partial charge in [0.15, 0.2) is 0 Å². The van der Waals surface area contributed by atoms with Gasteiger partial charge in [0.2, 0.25) is 5.91 Å². The molecule has 2 aromatic carbocycles. The first kappa shape index (κ1) is 18.6. The molecule has 0 atom stereocenters. The second-order valence-corrected chi connectivity index (χ2v) is 6.52. The highest BCUT2D eigenvalue weighted by molar-refractivity contribution is 6.09. The van der Waals surface area contributed by atoms with Crippen LogP contribution in [0.5, 0.6) is 0 Å². The Morgan fingerprint density at radius 1 is 0.815 bits per heavy atom. The van der Waals surface area contributed by atoms with Gasteiger partial charge >= 0.3 is 0 Å². The number of anilines is 1. The van der Waals surface area contributed by atoms with Crippen molar-refractivity contribution in [1.29, 1.82) is 0 Å². The molecule has 3 amide bonds. The molecule has 0 aliphatic carbocycles. The summed E-state index contributed by atoms with van der Waals surface area (Å²) >= 11 is 0. The van der Waals surface area contributed by atoms with E-state index in [1.807, 2.05) is 6.07 Å². The van der Waals surface area contributed by atoms with E-state index in [1.165, 1.54) is 0 Å². The maximum absolute atomic E-state index is 13.0. The van der Waals surface area contributed by atoms with E-state index in [9.17, 15) is 14.4 Å². The molecule has 0 radical (unpaired) electrons. The van der Waals surface area contributed by atoms with E-state index in [0.29, 0.717) is 43.0 Å². The van der Waals surface area contributed by atoms with Crippen LogP contribution in [0.25, 0.3) is 0 Å². The number of carbonyl (C=O) groups is 3. The minimum atomic E-state index is -0.255. The zero-order chi connectivity index (χ0) is 19.2. The minimum absolute atomic E-state index is 0.0276. The molecule has 1 N–H and O–H groups in total. The van der Waals surface area contributed by atoms with Crippen LogP contribution in [0.4, 0.5) is 5.69 Å². The van der Waals surface area contributed by atoms with Crippen molar-refractivity contribution in [2.24, 2.45) is 0 Å². The zero-order valence-electron chi connectivity index (χ0n) is 15.4. The van der Waals surface area contributed by atoms with Crippen molar-refractivity contribution in [3.05, 3.63) is 65.7 Å². The predicted molar refractivity (Wildman–Crippen MR) is 104 cm³/mol. The van der Waals surface area contributed by atoms with E-state index >= 15 is 0 Å². The summed E-state index contributed by atoms with van der Waals surface area (Å²) < 4.78 is 0. The van der Waals surface area contributed by atoms with Crippen LogP contribution in [0.15, 0.2) is 54.6 Å². The van der Waals surface area contributed by atoms with Crippen molar-refractivity contribution in [3.63, 3.8) is 0 Å². The lowest BCUT2D eigenvalue weighted by atomic mass is 10.1. The molecule has 0 spiro atoms. The fourth-order valence-corrected chi connectivity index (χ4v) is 3.17. The highest BCUT2D eigenvalue weighted by Crippen LogP contribution is 2.19. The van der Waals surface area contributed by atoms with Gasteiger partial charge in [-0.05, 0) is 30.7 Å². The van der Waals surface area contributed by atoms with Crippen molar-refractivity contribution in [2.75, 3.05) is 31.5 Å². The van der Waals surface area contributed by atoms with Gasteiger partial charge in [-0.15, -0.1) is 0 Å². The molecule has 1 aliphatic heterocycles. The highest BCUT2D eigenvalue weighted by Gasteiger charge is 2.23. The van der Waals surface area contributed by atoms with Crippen LogP contribution in [-0.2, 0) is 4.79 Å². The van der Waals surface area contributed by atoms with Gasteiger partial charge < -0.3 is 15.1 Å². The first-order valence-corrected chi connectivity index (χ1v) is 9.06. The van der Waals surface area contributed by atoms with Gasteiger partial charge in [0.1, 0.15) is 0 Å². The second-order valence-electron chi connectivity index (χ2n) is 6.52. The van der Waals surface area contributed by atoms with Crippen molar-refractivity contribution in [1.82, 2.24) is 9.80 Å². The zero-order valence-corrected chi connectivity index (χ0v) is 15.4. The van der Waals surface area contributed by atoms with Crippen molar-refractivity contribution in [2.45, 2.75) is 13.3 Å². The fourth-order valence-electron chi connectivity index (χ4n) is 3.17. The lowest BCUT2D eigenvalue weighted by molar-refractivity contribution is -0.128. The lowest BCUT2D eigenvalue weighted by Gasteiger charge is -2.22. The van der Waals surface area contributed by atoms with Crippen LogP contribution in [-0.4, -0.2) is 53.7 Å². The summed E-state index contributed by atoms with van der Waals surface area (Å²) in [5.74, 6) is -0.362. The topological polar surface area (TPSA) is 69.7 Å².